The summed E-state index contributed by atoms with van der Waals surface area (Å²) in [6.45, 7) is 4.55. The number of fused-ring (bicyclic) bond motifs is 1. The van der Waals surface area contributed by atoms with Crippen LogP contribution in [-0.4, -0.2) is 21.8 Å². The van der Waals surface area contributed by atoms with E-state index in [2.05, 4.69) is 17.2 Å². The molecule has 0 fully saturated rings. The van der Waals surface area contributed by atoms with Gasteiger partial charge in [-0.3, -0.25) is 4.79 Å². The van der Waals surface area contributed by atoms with Crippen LogP contribution >= 0.6 is 0 Å². The van der Waals surface area contributed by atoms with Gasteiger partial charge in [0.2, 0.25) is 5.91 Å². The number of carbonyl (C=O) groups excluding carboxylic acids is 1. The second-order valence-electron chi connectivity index (χ2n) is 7.48. The number of nitrogens with zero attached hydrogens (tertiary/aromatic N) is 2. The molecule has 1 amide bonds. The first-order valence-electron chi connectivity index (χ1n) is 10.2. The van der Waals surface area contributed by atoms with Crippen LogP contribution in [0.3, 0.4) is 0 Å². The van der Waals surface area contributed by atoms with Gasteiger partial charge >= 0.3 is 6.18 Å². The van der Waals surface area contributed by atoms with E-state index >= 15 is 0 Å². The van der Waals surface area contributed by atoms with Gasteiger partial charge in [0.25, 0.3) is 0 Å². The molecule has 3 aromatic rings. The summed E-state index contributed by atoms with van der Waals surface area (Å²) < 4.78 is 41.8. The largest absolute Gasteiger partial charge is 0.416 e. The quantitative estimate of drug-likeness (QED) is 0.493. The van der Waals surface area contributed by atoms with Gasteiger partial charge in [0, 0.05) is 30.8 Å². The lowest BCUT2D eigenvalue weighted by Gasteiger charge is -2.19. The number of pyridine rings is 1. The lowest BCUT2D eigenvalue weighted by atomic mass is 9.91. The topological polar surface area (TPSA) is 46.4 Å². The van der Waals surface area contributed by atoms with Crippen LogP contribution in [0.1, 0.15) is 61.0 Å². The number of hydrogen-bond acceptors (Lipinski definition) is 2. The van der Waals surface area contributed by atoms with Crippen molar-refractivity contribution in [1.29, 1.82) is 0 Å². The van der Waals surface area contributed by atoms with Crippen molar-refractivity contribution in [2.75, 3.05) is 6.54 Å². The molecule has 1 N–H and O–H groups in total. The summed E-state index contributed by atoms with van der Waals surface area (Å²) in [5.41, 5.74) is 2.02. The van der Waals surface area contributed by atoms with E-state index in [1.54, 1.807) is 12.3 Å². The van der Waals surface area contributed by atoms with Crippen LogP contribution in [0.4, 0.5) is 13.2 Å². The number of halogens is 3. The van der Waals surface area contributed by atoms with Crippen molar-refractivity contribution in [3.8, 4) is 0 Å². The Labute approximate surface area is 174 Å². The molecule has 0 aliphatic carbocycles. The summed E-state index contributed by atoms with van der Waals surface area (Å²) in [6.07, 6.45) is 0.199. The average molecular weight is 417 g/mol. The third-order valence-corrected chi connectivity index (χ3v) is 5.22. The van der Waals surface area contributed by atoms with Gasteiger partial charge in [-0.05, 0) is 37.1 Å². The maximum atomic E-state index is 13.3. The lowest BCUT2D eigenvalue weighted by molar-refractivity contribution is -0.137. The summed E-state index contributed by atoms with van der Waals surface area (Å²) in [4.78, 5) is 17.0. The molecule has 0 bridgehead atoms. The van der Waals surface area contributed by atoms with Crippen LogP contribution in [-0.2, 0) is 11.0 Å². The summed E-state index contributed by atoms with van der Waals surface area (Å²) in [6, 6.07) is 10.8. The van der Waals surface area contributed by atoms with E-state index in [-0.39, 0.29) is 12.3 Å². The van der Waals surface area contributed by atoms with E-state index in [0.717, 1.165) is 37.1 Å². The number of aromatic nitrogens is 2. The van der Waals surface area contributed by atoms with Crippen molar-refractivity contribution >= 4 is 11.6 Å². The Bertz CT molecular complexity index is 1010. The van der Waals surface area contributed by atoms with Crippen LogP contribution in [0.15, 0.2) is 48.7 Å². The molecule has 0 spiro atoms. The molecule has 0 radical (unpaired) electrons. The summed E-state index contributed by atoms with van der Waals surface area (Å²) >= 11 is 0. The Balaban J connectivity index is 1.98. The van der Waals surface area contributed by atoms with E-state index in [1.807, 2.05) is 29.5 Å². The Morgan fingerprint density at radius 3 is 2.67 bits per heavy atom. The molecule has 2 aromatic heterocycles. The van der Waals surface area contributed by atoms with Gasteiger partial charge < -0.3 is 9.72 Å². The fraction of sp³-hybridized carbons (Fsp3) is 0.391. The fourth-order valence-corrected chi connectivity index (χ4v) is 3.66. The Morgan fingerprint density at radius 2 is 1.93 bits per heavy atom. The number of hydrogen-bond donors (Lipinski definition) is 1. The SMILES string of the molecule is CCCCCNC(=O)CC(c1cccc(C(F)(F)F)c1)c1cnc2cccc(C)n12. The first kappa shape index (κ1) is 21.9. The molecule has 4 nitrogen and oxygen atoms in total. The standard InChI is InChI=1S/C23H26F3N3O/c1-3-4-5-12-27-22(30)14-19(17-9-7-10-18(13-17)23(24,25)26)20-15-28-21-11-6-8-16(2)29(20)21/h6-11,13,15,19H,3-5,12,14H2,1-2H3,(H,27,30). The van der Waals surface area contributed by atoms with Crippen LogP contribution in [0.5, 0.6) is 0 Å². The minimum atomic E-state index is -4.45. The number of carbonyl (C=O) groups is 1. The number of imidazole rings is 1. The van der Waals surface area contributed by atoms with Crippen LogP contribution in [0.25, 0.3) is 5.65 Å². The molecular formula is C23H26F3N3O. The van der Waals surface area contributed by atoms with Crippen molar-refractivity contribution in [2.45, 2.75) is 51.6 Å². The summed E-state index contributed by atoms with van der Waals surface area (Å²) in [7, 11) is 0. The van der Waals surface area contributed by atoms with Crippen molar-refractivity contribution in [2.24, 2.45) is 0 Å². The highest BCUT2D eigenvalue weighted by molar-refractivity contribution is 5.77. The van der Waals surface area contributed by atoms with E-state index in [1.165, 1.54) is 6.07 Å². The number of rotatable bonds is 8. The number of amides is 1. The lowest BCUT2D eigenvalue weighted by Crippen LogP contribution is -2.26. The van der Waals surface area contributed by atoms with Gasteiger partial charge in [0.1, 0.15) is 5.65 Å². The van der Waals surface area contributed by atoms with E-state index < -0.39 is 17.7 Å². The van der Waals surface area contributed by atoms with Crippen LogP contribution in [0, 0.1) is 6.92 Å². The molecule has 0 saturated heterocycles. The predicted octanol–water partition coefficient (Wildman–Crippen LogP) is 5.49. The van der Waals surface area contributed by atoms with Gasteiger partial charge in [-0.15, -0.1) is 0 Å². The number of nitrogens with one attached hydrogen (secondary N) is 1. The van der Waals surface area contributed by atoms with Gasteiger partial charge in [-0.2, -0.15) is 13.2 Å². The van der Waals surface area contributed by atoms with Gasteiger partial charge in [-0.25, -0.2) is 4.98 Å². The highest BCUT2D eigenvalue weighted by Crippen LogP contribution is 2.34. The zero-order valence-electron chi connectivity index (χ0n) is 17.2. The molecule has 160 valence electrons. The third kappa shape index (κ3) is 5.01. The zero-order chi connectivity index (χ0) is 21.7. The van der Waals surface area contributed by atoms with Crippen molar-refractivity contribution in [3.63, 3.8) is 0 Å². The molecule has 3 rings (SSSR count). The van der Waals surface area contributed by atoms with Crippen molar-refractivity contribution < 1.29 is 18.0 Å². The molecule has 0 saturated carbocycles. The second kappa shape index (κ2) is 9.32. The van der Waals surface area contributed by atoms with Gasteiger partial charge in [0.15, 0.2) is 0 Å². The monoisotopic (exact) mass is 417 g/mol. The Morgan fingerprint density at radius 1 is 1.17 bits per heavy atom. The highest BCUT2D eigenvalue weighted by atomic mass is 19.4. The first-order valence-corrected chi connectivity index (χ1v) is 10.2. The number of benzene rings is 1. The van der Waals surface area contributed by atoms with E-state index in [4.69, 9.17) is 0 Å². The summed E-state index contributed by atoms with van der Waals surface area (Å²) in [5, 5.41) is 2.90. The van der Waals surface area contributed by atoms with Gasteiger partial charge in [0.05, 0.1) is 11.3 Å². The predicted molar refractivity (Wildman–Crippen MR) is 110 cm³/mol. The number of alkyl halides is 3. The van der Waals surface area contributed by atoms with E-state index in [9.17, 15) is 18.0 Å². The smallest absolute Gasteiger partial charge is 0.356 e. The molecule has 0 aliphatic heterocycles. The van der Waals surface area contributed by atoms with Crippen molar-refractivity contribution in [1.82, 2.24) is 14.7 Å². The molecule has 7 heteroatoms. The molecule has 1 unspecified atom stereocenters. The number of unbranched alkanes of at least 4 members (excludes halogenated alkanes) is 2. The average Bonchev–Trinajstić information content (AvgIpc) is 3.14. The Hall–Kier alpha value is -2.83. The molecule has 1 aromatic carbocycles. The minimum Gasteiger partial charge on any atom is -0.356 e. The summed E-state index contributed by atoms with van der Waals surface area (Å²) in [5.74, 6) is -0.730. The second-order valence-corrected chi connectivity index (χ2v) is 7.48. The molecule has 30 heavy (non-hydrogen) atoms. The van der Waals surface area contributed by atoms with Crippen LogP contribution < -0.4 is 5.32 Å². The highest BCUT2D eigenvalue weighted by Gasteiger charge is 2.32. The molecule has 1 atom stereocenters. The zero-order valence-corrected chi connectivity index (χ0v) is 17.2. The Kier molecular flexibility index (Phi) is 6.80. The van der Waals surface area contributed by atoms with Crippen molar-refractivity contribution in [3.05, 3.63) is 71.2 Å². The third-order valence-electron chi connectivity index (χ3n) is 5.22. The minimum absolute atomic E-state index is 0.0512. The molecule has 0 aliphatic rings. The molecular weight excluding hydrogens is 391 g/mol. The normalized spacial score (nSPS) is 12.8. The first-order chi connectivity index (χ1) is 14.3. The van der Waals surface area contributed by atoms with Crippen LogP contribution in [0.2, 0.25) is 0 Å². The molecule has 2 heterocycles. The van der Waals surface area contributed by atoms with E-state index in [0.29, 0.717) is 23.4 Å². The number of aryl methyl sites for hydroxylation is 1. The maximum absolute atomic E-state index is 13.3. The fourth-order valence-electron chi connectivity index (χ4n) is 3.66. The maximum Gasteiger partial charge on any atom is 0.416 e. The van der Waals surface area contributed by atoms with Gasteiger partial charge in [-0.1, -0.05) is 44.0 Å².